The standard InChI is InChI=1S/C24H28O3Si/c1-15(25)16-11-12-17-14-20-18-9-7-8-10-21(18)26-22(20)23(19(17)13-16)27-28(5,6)24(2,3)4/h7-14,22-23H,1-6H3/t22-,23-/m1/s1. The molecule has 1 aliphatic carbocycles. The fourth-order valence-electron chi connectivity index (χ4n) is 3.67. The lowest BCUT2D eigenvalue weighted by molar-refractivity contribution is 0.0833. The fourth-order valence-corrected chi connectivity index (χ4v) is 4.91. The number of carbonyl (C=O) groups is 1. The van der Waals surface area contributed by atoms with Gasteiger partial charge in [0.1, 0.15) is 11.9 Å². The van der Waals surface area contributed by atoms with Gasteiger partial charge in [-0.15, -0.1) is 0 Å². The number of ketones is 1. The minimum Gasteiger partial charge on any atom is -0.482 e. The molecule has 0 bridgehead atoms. The Hall–Kier alpha value is -2.17. The molecule has 2 aromatic carbocycles. The summed E-state index contributed by atoms with van der Waals surface area (Å²) in [5.41, 5.74) is 5.19. The molecule has 0 radical (unpaired) electrons. The van der Waals surface area contributed by atoms with Crippen molar-refractivity contribution in [1.29, 1.82) is 0 Å². The van der Waals surface area contributed by atoms with Crippen molar-refractivity contribution in [3.63, 3.8) is 0 Å². The maximum Gasteiger partial charge on any atom is 0.193 e. The first-order valence-corrected chi connectivity index (χ1v) is 12.8. The van der Waals surface area contributed by atoms with E-state index in [0.29, 0.717) is 0 Å². The Morgan fingerprint density at radius 2 is 1.82 bits per heavy atom. The summed E-state index contributed by atoms with van der Waals surface area (Å²) in [4.78, 5) is 12.0. The molecule has 0 saturated heterocycles. The summed E-state index contributed by atoms with van der Waals surface area (Å²) in [5.74, 6) is 0.974. The number of carbonyl (C=O) groups excluding carboxylic acids is 1. The number of para-hydroxylation sites is 1. The van der Waals surface area contributed by atoms with E-state index in [1.165, 1.54) is 5.57 Å². The summed E-state index contributed by atoms with van der Waals surface area (Å²) in [6.45, 7) is 12.9. The van der Waals surface area contributed by atoms with Gasteiger partial charge in [0.2, 0.25) is 0 Å². The molecule has 0 saturated carbocycles. The number of benzene rings is 2. The van der Waals surface area contributed by atoms with E-state index in [-0.39, 0.29) is 23.0 Å². The minimum atomic E-state index is -2.06. The molecule has 4 rings (SSSR count). The molecule has 0 spiro atoms. The quantitative estimate of drug-likeness (QED) is 0.456. The highest BCUT2D eigenvalue weighted by molar-refractivity contribution is 6.74. The Morgan fingerprint density at radius 3 is 2.50 bits per heavy atom. The Balaban J connectivity index is 1.86. The van der Waals surface area contributed by atoms with Crippen LogP contribution in [0.2, 0.25) is 18.1 Å². The average molecular weight is 393 g/mol. The van der Waals surface area contributed by atoms with Crippen LogP contribution in [0.15, 0.2) is 42.5 Å². The number of hydrogen-bond donors (Lipinski definition) is 0. The highest BCUT2D eigenvalue weighted by atomic mass is 28.4. The summed E-state index contributed by atoms with van der Waals surface area (Å²) in [6.07, 6.45) is 1.80. The van der Waals surface area contributed by atoms with Crippen molar-refractivity contribution in [3.8, 4) is 5.75 Å². The van der Waals surface area contributed by atoms with Gasteiger partial charge >= 0.3 is 0 Å². The highest BCUT2D eigenvalue weighted by Gasteiger charge is 2.46. The molecule has 0 amide bonds. The molecule has 0 aromatic heterocycles. The molecule has 1 aliphatic heterocycles. The second-order valence-electron chi connectivity index (χ2n) is 9.33. The SMILES string of the molecule is CC(=O)c1ccc2c(c1)[C@@H](O[Si](C)(C)C(C)(C)C)[C@@H]1Oc3ccccc3C1=C2. The number of Topliss-reactive ketones (excluding diaryl/α,β-unsaturated/α-hetero) is 1. The molecule has 3 nitrogen and oxygen atoms in total. The summed E-state index contributed by atoms with van der Waals surface area (Å²) >= 11 is 0. The predicted octanol–water partition coefficient (Wildman–Crippen LogP) is 6.27. The first kappa shape index (κ1) is 19.2. The minimum absolute atomic E-state index is 0.0688. The lowest BCUT2D eigenvalue weighted by Crippen LogP contribution is -2.45. The van der Waals surface area contributed by atoms with Crippen LogP contribution in [0.5, 0.6) is 5.75 Å². The van der Waals surface area contributed by atoms with Crippen LogP contribution in [-0.2, 0) is 4.43 Å². The van der Waals surface area contributed by atoms with Crippen LogP contribution in [0.1, 0.15) is 60.8 Å². The average Bonchev–Trinajstić information content (AvgIpc) is 2.98. The van der Waals surface area contributed by atoms with Crippen LogP contribution < -0.4 is 4.74 Å². The Kier molecular flexibility index (Phi) is 4.40. The van der Waals surface area contributed by atoms with Crippen LogP contribution in [0.4, 0.5) is 0 Å². The van der Waals surface area contributed by atoms with Gasteiger partial charge in [0.05, 0.1) is 0 Å². The van der Waals surface area contributed by atoms with E-state index in [4.69, 9.17) is 9.16 Å². The van der Waals surface area contributed by atoms with E-state index in [9.17, 15) is 4.79 Å². The van der Waals surface area contributed by atoms with Gasteiger partial charge < -0.3 is 9.16 Å². The molecule has 28 heavy (non-hydrogen) atoms. The molecule has 146 valence electrons. The highest BCUT2D eigenvalue weighted by Crippen LogP contribution is 2.51. The lowest BCUT2D eigenvalue weighted by atomic mass is 9.84. The number of hydrogen-bond acceptors (Lipinski definition) is 3. The lowest BCUT2D eigenvalue weighted by Gasteiger charge is -2.42. The summed E-state index contributed by atoms with van der Waals surface area (Å²) in [6, 6.07) is 14.1. The molecule has 2 atom stereocenters. The van der Waals surface area contributed by atoms with Crippen LogP contribution in [-0.4, -0.2) is 20.2 Å². The first-order chi connectivity index (χ1) is 13.1. The van der Waals surface area contributed by atoms with Crippen molar-refractivity contribution >= 4 is 25.7 Å². The number of ether oxygens (including phenoxy) is 1. The van der Waals surface area contributed by atoms with Crippen LogP contribution >= 0.6 is 0 Å². The molecule has 0 unspecified atom stereocenters. The maximum absolute atomic E-state index is 12.0. The van der Waals surface area contributed by atoms with Crippen molar-refractivity contribution in [1.82, 2.24) is 0 Å². The Labute approximate surface area is 168 Å². The third-order valence-electron chi connectivity index (χ3n) is 6.37. The Bertz CT molecular complexity index is 982. The van der Waals surface area contributed by atoms with Crippen LogP contribution in [0.3, 0.4) is 0 Å². The van der Waals surface area contributed by atoms with E-state index in [2.05, 4.69) is 46.0 Å². The predicted molar refractivity (Wildman–Crippen MR) is 116 cm³/mol. The van der Waals surface area contributed by atoms with E-state index >= 15 is 0 Å². The van der Waals surface area contributed by atoms with Gasteiger partial charge in [-0.05, 0) is 54.4 Å². The zero-order valence-electron chi connectivity index (χ0n) is 17.5. The third-order valence-corrected chi connectivity index (χ3v) is 10.8. The Morgan fingerprint density at radius 1 is 1.11 bits per heavy atom. The van der Waals surface area contributed by atoms with Crippen LogP contribution in [0.25, 0.3) is 11.6 Å². The van der Waals surface area contributed by atoms with Crippen molar-refractivity contribution in [2.45, 2.75) is 58.0 Å². The van der Waals surface area contributed by atoms with Crippen molar-refractivity contribution in [3.05, 3.63) is 64.7 Å². The molecule has 0 N–H and O–H groups in total. The molecule has 4 heteroatoms. The molecular formula is C24H28O3Si. The van der Waals surface area contributed by atoms with Gasteiger partial charge in [0.15, 0.2) is 20.2 Å². The van der Waals surface area contributed by atoms with Crippen molar-refractivity contribution < 1.29 is 14.0 Å². The third kappa shape index (κ3) is 3.05. The van der Waals surface area contributed by atoms with E-state index in [1.54, 1.807) is 6.92 Å². The normalized spacial score (nSPS) is 20.6. The van der Waals surface area contributed by atoms with E-state index in [1.807, 2.05) is 36.4 Å². The summed E-state index contributed by atoms with van der Waals surface area (Å²) < 4.78 is 13.3. The molecule has 1 heterocycles. The largest absolute Gasteiger partial charge is 0.482 e. The second-order valence-corrected chi connectivity index (χ2v) is 14.1. The van der Waals surface area contributed by atoms with E-state index in [0.717, 1.165) is 28.0 Å². The molecule has 2 aliphatic rings. The topological polar surface area (TPSA) is 35.5 Å². The molecule has 0 fully saturated rings. The second kappa shape index (κ2) is 6.43. The maximum atomic E-state index is 12.0. The smallest absolute Gasteiger partial charge is 0.193 e. The zero-order valence-corrected chi connectivity index (χ0v) is 18.5. The van der Waals surface area contributed by atoms with Crippen LogP contribution in [0, 0.1) is 0 Å². The summed E-state index contributed by atoms with van der Waals surface area (Å²) in [7, 11) is -2.06. The van der Waals surface area contributed by atoms with Gasteiger partial charge in [-0.2, -0.15) is 0 Å². The van der Waals surface area contributed by atoms with Crippen molar-refractivity contribution in [2.24, 2.45) is 0 Å². The van der Waals surface area contributed by atoms with Gasteiger partial charge in [0, 0.05) is 16.7 Å². The molecular weight excluding hydrogens is 364 g/mol. The number of rotatable bonds is 3. The molecule has 2 aromatic rings. The monoisotopic (exact) mass is 392 g/mol. The number of fused-ring (bicyclic) bond motifs is 4. The zero-order chi connectivity index (χ0) is 20.3. The first-order valence-electron chi connectivity index (χ1n) is 9.89. The summed E-state index contributed by atoms with van der Waals surface area (Å²) in [5, 5.41) is 0.0815. The van der Waals surface area contributed by atoms with E-state index < -0.39 is 8.32 Å². The van der Waals surface area contributed by atoms with Gasteiger partial charge in [-0.1, -0.05) is 51.1 Å². The van der Waals surface area contributed by atoms with Gasteiger partial charge in [-0.25, -0.2) is 0 Å². The van der Waals surface area contributed by atoms with Gasteiger partial charge in [0.25, 0.3) is 0 Å². The fraction of sp³-hybridized carbons (Fsp3) is 0.375. The van der Waals surface area contributed by atoms with Crippen molar-refractivity contribution in [2.75, 3.05) is 0 Å². The van der Waals surface area contributed by atoms with Gasteiger partial charge in [-0.3, -0.25) is 4.79 Å².